The van der Waals surface area contributed by atoms with Crippen LogP contribution in [0.5, 0.6) is 0 Å². The molecule has 4 heteroatoms. The highest BCUT2D eigenvalue weighted by molar-refractivity contribution is 4.91. The van der Waals surface area contributed by atoms with Gasteiger partial charge < -0.3 is 15.4 Å². The van der Waals surface area contributed by atoms with E-state index in [1.165, 1.54) is 45.6 Å². The minimum absolute atomic E-state index is 0.0108. The molecule has 104 valence electrons. The van der Waals surface area contributed by atoms with Crippen LogP contribution < -0.4 is 5.73 Å². The first-order chi connectivity index (χ1) is 8.73. The first-order valence-corrected chi connectivity index (χ1v) is 7.55. The number of rotatable bonds is 4. The second kappa shape index (κ2) is 5.45. The van der Waals surface area contributed by atoms with E-state index in [2.05, 4.69) is 9.80 Å². The lowest BCUT2D eigenvalue weighted by atomic mass is 9.90. The first kappa shape index (κ1) is 12.9. The molecule has 2 heterocycles. The zero-order valence-corrected chi connectivity index (χ0v) is 11.4. The third-order valence-corrected chi connectivity index (χ3v) is 4.71. The largest absolute Gasteiger partial charge is 0.381 e. The van der Waals surface area contributed by atoms with Crippen LogP contribution in [0, 0.1) is 5.92 Å². The highest BCUT2D eigenvalue weighted by atomic mass is 16.5. The molecule has 0 atom stereocenters. The third kappa shape index (κ3) is 3.44. The van der Waals surface area contributed by atoms with E-state index in [-0.39, 0.29) is 5.54 Å². The van der Waals surface area contributed by atoms with Gasteiger partial charge in [-0.3, -0.25) is 4.90 Å². The van der Waals surface area contributed by atoms with E-state index in [4.69, 9.17) is 10.5 Å². The lowest BCUT2D eigenvalue weighted by Crippen LogP contribution is -2.57. The van der Waals surface area contributed by atoms with Crippen LogP contribution in [0.15, 0.2) is 0 Å². The molecule has 3 aliphatic rings. The molecule has 0 radical (unpaired) electrons. The topological polar surface area (TPSA) is 41.7 Å². The van der Waals surface area contributed by atoms with Crippen molar-refractivity contribution in [2.45, 2.75) is 31.2 Å². The normalized spacial score (nSPS) is 30.5. The fourth-order valence-electron chi connectivity index (χ4n) is 3.18. The monoisotopic (exact) mass is 253 g/mol. The maximum absolute atomic E-state index is 6.48. The Balaban J connectivity index is 1.41. The zero-order valence-electron chi connectivity index (χ0n) is 11.4. The third-order valence-electron chi connectivity index (χ3n) is 4.71. The standard InChI is InChI=1S/C14H27N3O/c15-14(3-9-18-10-4-14)12-17-7-5-16(6-8-17)11-13-1-2-13/h13H,1-12,15H2. The number of piperazine rings is 1. The molecule has 2 aliphatic heterocycles. The molecule has 0 spiro atoms. The smallest absolute Gasteiger partial charge is 0.0484 e. The summed E-state index contributed by atoms with van der Waals surface area (Å²) in [6.45, 7) is 8.98. The summed E-state index contributed by atoms with van der Waals surface area (Å²) in [5.74, 6) is 1.02. The van der Waals surface area contributed by atoms with Crippen LogP contribution in [0.2, 0.25) is 0 Å². The number of nitrogens with zero attached hydrogens (tertiary/aromatic N) is 2. The van der Waals surface area contributed by atoms with Crippen molar-refractivity contribution in [3.8, 4) is 0 Å². The Morgan fingerprint density at radius 2 is 1.61 bits per heavy atom. The molecule has 18 heavy (non-hydrogen) atoms. The number of nitrogens with two attached hydrogens (primary N) is 1. The minimum atomic E-state index is 0.0108. The Kier molecular flexibility index (Phi) is 3.89. The van der Waals surface area contributed by atoms with E-state index >= 15 is 0 Å². The molecule has 2 saturated heterocycles. The molecule has 0 amide bonds. The lowest BCUT2D eigenvalue weighted by molar-refractivity contribution is 0.0277. The summed E-state index contributed by atoms with van der Waals surface area (Å²) >= 11 is 0. The molecular weight excluding hydrogens is 226 g/mol. The van der Waals surface area contributed by atoms with Gasteiger partial charge in [0.1, 0.15) is 0 Å². The Bertz CT molecular complexity index is 266. The molecule has 3 fully saturated rings. The van der Waals surface area contributed by atoms with Gasteiger partial charge >= 0.3 is 0 Å². The number of ether oxygens (including phenoxy) is 1. The van der Waals surface area contributed by atoms with Gasteiger partial charge in [0.05, 0.1) is 0 Å². The van der Waals surface area contributed by atoms with Gasteiger partial charge in [0.25, 0.3) is 0 Å². The van der Waals surface area contributed by atoms with E-state index in [1.54, 1.807) is 0 Å². The molecule has 0 aromatic rings. The van der Waals surface area contributed by atoms with E-state index in [0.717, 1.165) is 38.5 Å². The first-order valence-electron chi connectivity index (χ1n) is 7.55. The summed E-state index contributed by atoms with van der Waals surface area (Å²) in [4.78, 5) is 5.20. The summed E-state index contributed by atoms with van der Waals surface area (Å²) in [7, 11) is 0. The Morgan fingerprint density at radius 3 is 2.22 bits per heavy atom. The fraction of sp³-hybridized carbons (Fsp3) is 1.00. The molecule has 0 aromatic heterocycles. The summed E-state index contributed by atoms with van der Waals surface area (Å²) in [6, 6.07) is 0. The average Bonchev–Trinajstić information content (AvgIpc) is 3.16. The fourth-order valence-corrected chi connectivity index (χ4v) is 3.18. The molecule has 1 aliphatic carbocycles. The minimum Gasteiger partial charge on any atom is -0.381 e. The van der Waals surface area contributed by atoms with Crippen LogP contribution in [0.1, 0.15) is 25.7 Å². The highest BCUT2D eigenvalue weighted by Gasteiger charge is 2.32. The molecule has 1 saturated carbocycles. The number of hydrogen-bond donors (Lipinski definition) is 1. The molecule has 0 bridgehead atoms. The predicted molar refractivity (Wildman–Crippen MR) is 72.6 cm³/mol. The molecule has 4 nitrogen and oxygen atoms in total. The predicted octanol–water partition coefficient (Wildman–Crippen LogP) is 0.522. The van der Waals surface area contributed by atoms with Gasteiger partial charge in [0, 0.05) is 58.0 Å². The van der Waals surface area contributed by atoms with E-state index in [9.17, 15) is 0 Å². The Labute approximate surface area is 110 Å². The van der Waals surface area contributed by atoms with Crippen molar-refractivity contribution in [3.05, 3.63) is 0 Å². The molecule has 2 N–H and O–H groups in total. The van der Waals surface area contributed by atoms with Crippen molar-refractivity contribution in [1.82, 2.24) is 9.80 Å². The van der Waals surface area contributed by atoms with Crippen molar-refractivity contribution in [2.24, 2.45) is 11.7 Å². The SMILES string of the molecule is NC1(CN2CCN(CC3CC3)CC2)CCOCC1. The molecule has 0 aromatic carbocycles. The van der Waals surface area contributed by atoms with Gasteiger partial charge in [-0.15, -0.1) is 0 Å². The Hall–Kier alpha value is -0.160. The quantitative estimate of drug-likeness (QED) is 0.793. The second-order valence-electron chi connectivity index (χ2n) is 6.49. The van der Waals surface area contributed by atoms with Crippen LogP contribution in [0.4, 0.5) is 0 Å². The van der Waals surface area contributed by atoms with Crippen LogP contribution in [0.3, 0.4) is 0 Å². The van der Waals surface area contributed by atoms with Crippen molar-refractivity contribution in [3.63, 3.8) is 0 Å². The van der Waals surface area contributed by atoms with Crippen LogP contribution in [-0.2, 0) is 4.74 Å². The van der Waals surface area contributed by atoms with Gasteiger partial charge in [-0.1, -0.05) is 0 Å². The summed E-state index contributed by atoms with van der Waals surface area (Å²) in [6.07, 6.45) is 4.98. The average molecular weight is 253 g/mol. The van der Waals surface area contributed by atoms with Gasteiger partial charge in [0.2, 0.25) is 0 Å². The van der Waals surface area contributed by atoms with Crippen LogP contribution >= 0.6 is 0 Å². The summed E-state index contributed by atoms with van der Waals surface area (Å²) < 4.78 is 5.42. The van der Waals surface area contributed by atoms with Gasteiger partial charge in [-0.05, 0) is 31.6 Å². The van der Waals surface area contributed by atoms with Gasteiger partial charge in [-0.25, -0.2) is 0 Å². The van der Waals surface area contributed by atoms with Crippen molar-refractivity contribution in [1.29, 1.82) is 0 Å². The van der Waals surface area contributed by atoms with Crippen LogP contribution in [0.25, 0.3) is 0 Å². The Morgan fingerprint density at radius 1 is 1.00 bits per heavy atom. The van der Waals surface area contributed by atoms with E-state index in [1.807, 2.05) is 0 Å². The van der Waals surface area contributed by atoms with E-state index in [0.29, 0.717) is 0 Å². The van der Waals surface area contributed by atoms with E-state index < -0.39 is 0 Å². The van der Waals surface area contributed by atoms with Crippen molar-refractivity contribution >= 4 is 0 Å². The van der Waals surface area contributed by atoms with Gasteiger partial charge in [-0.2, -0.15) is 0 Å². The summed E-state index contributed by atoms with van der Waals surface area (Å²) in [5, 5.41) is 0. The van der Waals surface area contributed by atoms with Gasteiger partial charge in [0.15, 0.2) is 0 Å². The lowest BCUT2D eigenvalue weighted by Gasteiger charge is -2.41. The van der Waals surface area contributed by atoms with Crippen LogP contribution in [-0.4, -0.2) is 67.8 Å². The second-order valence-corrected chi connectivity index (χ2v) is 6.49. The number of hydrogen-bond acceptors (Lipinski definition) is 4. The van der Waals surface area contributed by atoms with Crippen molar-refractivity contribution in [2.75, 3.05) is 52.5 Å². The maximum atomic E-state index is 6.48. The van der Waals surface area contributed by atoms with Crippen molar-refractivity contribution < 1.29 is 4.74 Å². The summed E-state index contributed by atoms with van der Waals surface area (Å²) in [5.41, 5.74) is 6.49. The molecular formula is C14H27N3O. The highest BCUT2D eigenvalue weighted by Crippen LogP contribution is 2.30. The zero-order chi connectivity index (χ0) is 12.4. The molecule has 0 unspecified atom stereocenters. The molecule has 3 rings (SSSR count). The maximum Gasteiger partial charge on any atom is 0.0484 e.